The molecular formula is C28H23Cl2IN2O5S. The van der Waals surface area contributed by atoms with Crippen LogP contribution in [-0.2, 0) is 11.4 Å². The second-order valence-electron chi connectivity index (χ2n) is 8.21. The van der Waals surface area contributed by atoms with Crippen molar-refractivity contribution in [3.8, 4) is 11.5 Å². The zero-order valence-electron chi connectivity index (χ0n) is 20.9. The summed E-state index contributed by atoms with van der Waals surface area (Å²) in [5.41, 5.74) is 2.38. The van der Waals surface area contributed by atoms with Gasteiger partial charge in [-0.2, -0.15) is 0 Å². The average molecular weight is 697 g/mol. The van der Waals surface area contributed by atoms with Crippen molar-refractivity contribution in [3.05, 3.63) is 89.8 Å². The smallest absolute Gasteiger partial charge is 0.335 e. The quantitative estimate of drug-likeness (QED) is 0.181. The molecule has 11 heteroatoms. The first-order valence-electron chi connectivity index (χ1n) is 11.9. The highest BCUT2D eigenvalue weighted by Gasteiger charge is 2.32. The number of ether oxygens (including phenoxy) is 2. The molecular weight excluding hydrogens is 674 g/mol. The van der Waals surface area contributed by atoms with E-state index in [2.05, 4.69) is 27.6 Å². The minimum atomic E-state index is -1.01. The van der Waals surface area contributed by atoms with Gasteiger partial charge >= 0.3 is 5.97 Å². The maximum absolute atomic E-state index is 13.2. The van der Waals surface area contributed by atoms with Gasteiger partial charge in [-0.15, -0.1) is 0 Å². The SMILES string of the molecule is CCOc1cc(/C=C2\SC(=Nc3ccc(C(=O)O)cc3)N(CC)C2=O)cc(I)c1OCc1ccc(Cl)c(Cl)c1. The Hall–Kier alpha value is -2.73. The molecule has 202 valence electrons. The number of hydrogen-bond acceptors (Lipinski definition) is 6. The van der Waals surface area contributed by atoms with Crippen LogP contribution in [0.15, 0.2) is 64.5 Å². The van der Waals surface area contributed by atoms with E-state index in [4.69, 9.17) is 37.8 Å². The highest BCUT2D eigenvalue weighted by Crippen LogP contribution is 2.38. The third kappa shape index (κ3) is 7.08. The molecule has 1 fully saturated rings. The van der Waals surface area contributed by atoms with Crippen LogP contribution < -0.4 is 9.47 Å². The summed E-state index contributed by atoms with van der Waals surface area (Å²) in [6, 6.07) is 15.3. The van der Waals surface area contributed by atoms with Crippen molar-refractivity contribution in [2.24, 2.45) is 4.99 Å². The Labute approximate surface area is 253 Å². The lowest BCUT2D eigenvalue weighted by Crippen LogP contribution is -2.28. The molecule has 1 saturated heterocycles. The molecule has 0 unspecified atom stereocenters. The summed E-state index contributed by atoms with van der Waals surface area (Å²) < 4.78 is 12.8. The van der Waals surface area contributed by atoms with E-state index >= 15 is 0 Å². The minimum Gasteiger partial charge on any atom is -0.490 e. The third-order valence-electron chi connectivity index (χ3n) is 5.54. The molecule has 0 aromatic heterocycles. The molecule has 0 bridgehead atoms. The van der Waals surface area contributed by atoms with Gasteiger partial charge in [0, 0.05) is 6.54 Å². The van der Waals surface area contributed by atoms with Crippen LogP contribution in [0.1, 0.15) is 35.3 Å². The van der Waals surface area contributed by atoms with Gasteiger partial charge in [0.1, 0.15) is 6.61 Å². The Morgan fingerprint density at radius 3 is 2.46 bits per heavy atom. The number of thioether (sulfide) groups is 1. The molecule has 0 saturated carbocycles. The number of nitrogens with zero attached hydrogens (tertiary/aromatic N) is 2. The Morgan fingerprint density at radius 1 is 1.08 bits per heavy atom. The average Bonchev–Trinajstić information content (AvgIpc) is 3.19. The maximum Gasteiger partial charge on any atom is 0.335 e. The second kappa shape index (κ2) is 13.1. The van der Waals surface area contributed by atoms with E-state index < -0.39 is 5.97 Å². The number of carboxylic acids is 1. The van der Waals surface area contributed by atoms with Gasteiger partial charge in [-0.3, -0.25) is 9.69 Å². The van der Waals surface area contributed by atoms with Gasteiger partial charge in [-0.1, -0.05) is 29.3 Å². The summed E-state index contributed by atoms with van der Waals surface area (Å²) in [6.45, 7) is 4.93. The summed E-state index contributed by atoms with van der Waals surface area (Å²) in [7, 11) is 0. The lowest BCUT2D eigenvalue weighted by atomic mass is 10.1. The van der Waals surface area contributed by atoms with Crippen molar-refractivity contribution in [2.45, 2.75) is 20.5 Å². The number of hydrogen-bond donors (Lipinski definition) is 1. The summed E-state index contributed by atoms with van der Waals surface area (Å²) in [5, 5.41) is 10.6. The summed E-state index contributed by atoms with van der Waals surface area (Å²) >= 11 is 15.6. The summed E-state index contributed by atoms with van der Waals surface area (Å²) in [6.07, 6.45) is 1.80. The van der Waals surface area contributed by atoms with Crippen molar-refractivity contribution < 1.29 is 24.2 Å². The Bertz CT molecular complexity index is 1480. The van der Waals surface area contributed by atoms with Crippen LogP contribution in [0.25, 0.3) is 6.08 Å². The van der Waals surface area contributed by atoms with Crippen LogP contribution in [0.3, 0.4) is 0 Å². The van der Waals surface area contributed by atoms with E-state index in [1.807, 2.05) is 32.0 Å². The van der Waals surface area contributed by atoms with Crippen LogP contribution in [0, 0.1) is 3.57 Å². The summed E-state index contributed by atoms with van der Waals surface area (Å²) in [5.74, 6) is -0.00646. The van der Waals surface area contributed by atoms with Crippen LogP contribution in [0.2, 0.25) is 10.0 Å². The first-order chi connectivity index (χ1) is 18.7. The topological polar surface area (TPSA) is 88.4 Å². The Balaban J connectivity index is 1.59. The van der Waals surface area contributed by atoms with Crippen molar-refractivity contribution in [2.75, 3.05) is 13.2 Å². The van der Waals surface area contributed by atoms with Crippen molar-refractivity contribution in [1.29, 1.82) is 0 Å². The van der Waals surface area contributed by atoms with E-state index in [1.54, 1.807) is 35.2 Å². The number of amides is 1. The zero-order chi connectivity index (χ0) is 28.1. The summed E-state index contributed by atoms with van der Waals surface area (Å²) in [4.78, 5) is 31.0. The van der Waals surface area contributed by atoms with Gasteiger partial charge in [0.2, 0.25) is 0 Å². The van der Waals surface area contributed by atoms with E-state index in [0.717, 1.165) is 14.7 Å². The maximum atomic E-state index is 13.2. The fourth-order valence-corrected chi connectivity index (χ4v) is 5.83. The first kappa shape index (κ1) is 29.3. The van der Waals surface area contributed by atoms with Crippen LogP contribution >= 0.6 is 57.6 Å². The highest BCUT2D eigenvalue weighted by molar-refractivity contribution is 14.1. The van der Waals surface area contributed by atoms with E-state index in [0.29, 0.717) is 50.5 Å². The number of rotatable bonds is 9. The molecule has 1 aliphatic rings. The Morgan fingerprint density at radius 2 is 1.82 bits per heavy atom. The standard InChI is InChI=1S/C28H23Cl2IN2O5S/c1-3-33-26(34)24(39-28(33)32-19-8-6-18(7-9-19)27(35)36)14-17-12-22(31)25(23(13-17)37-4-2)38-15-16-5-10-20(29)21(30)11-16/h5-14H,3-4,15H2,1-2H3,(H,35,36)/b24-14-,32-28?. The normalized spacial score (nSPS) is 15.3. The first-order valence-corrected chi connectivity index (χ1v) is 14.5. The van der Waals surface area contributed by atoms with Gasteiger partial charge in [0.15, 0.2) is 16.7 Å². The van der Waals surface area contributed by atoms with Gasteiger partial charge in [0.05, 0.1) is 36.4 Å². The van der Waals surface area contributed by atoms with Gasteiger partial charge < -0.3 is 14.6 Å². The van der Waals surface area contributed by atoms with Crippen LogP contribution in [0.4, 0.5) is 5.69 Å². The van der Waals surface area contributed by atoms with Crippen molar-refractivity contribution in [3.63, 3.8) is 0 Å². The lowest BCUT2D eigenvalue weighted by molar-refractivity contribution is -0.122. The number of aliphatic imine (C=N–C) groups is 1. The van der Waals surface area contributed by atoms with Crippen LogP contribution in [0.5, 0.6) is 11.5 Å². The highest BCUT2D eigenvalue weighted by atomic mass is 127. The zero-order valence-corrected chi connectivity index (χ0v) is 25.4. The monoisotopic (exact) mass is 696 g/mol. The van der Waals surface area contributed by atoms with Gasteiger partial charge in [0.25, 0.3) is 5.91 Å². The van der Waals surface area contributed by atoms with E-state index in [9.17, 15) is 9.59 Å². The van der Waals surface area contributed by atoms with Crippen LogP contribution in [-0.4, -0.2) is 40.2 Å². The molecule has 1 heterocycles. The lowest BCUT2D eigenvalue weighted by Gasteiger charge is -2.15. The predicted molar refractivity (Wildman–Crippen MR) is 165 cm³/mol. The molecule has 0 aliphatic carbocycles. The number of halogens is 3. The molecule has 7 nitrogen and oxygen atoms in total. The molecule has 1 aliphatic heterocycles. The molecule has 0 atom stereocenters. The minimum absolute atomic E-state index is 0.156. The Kier molecular flexibility index (Phi) is 9.81. The number of carbonyl (C=O) groups is 2. The van der Waals surface area contributed by atoms with E-state index in [-0.39, 0.29) is 18.1 Å². The molecule has 3 aromatic rings. The number of benzene rings is 3. The predicted octanol–water partition coefficient (Wildman–Crippen LogP) is 7.90. The van der Waals surface area contributed by atoms with Gasteiger partial charge in [-0.25, -0.2) is 9.79 Å². The number of likely N-dealkylation sites (N-methyl/N-ethyl adjacent to an activating group) is 1. The van der Waals surface area contributed by atoms with Gasteiger partial charge in [-0.05, 0) is 114 Å². The number of carboxylic acid groups (broad SMARTS) is 1. The molecule has 3 aromatic carbocycles. The molecule has 1 amide bonds. The second-order valence-corrected chi connectivity index (χ2v) is 11.2. The van der Waals surface area contributed by atoms with Crippen molar-refractivity contribution in [1.82, 2.24) is 4.90 Å². The number of aromatic carboxylic acids is 1. The fraction of sp³-hybridized carbons (Fsp3) is 0.179. The largest absolute Gasteiger partial charge is 0.490 e. The fourth-order valence-electron chi connectivity index (χ4n) is 3.67. The number of amidine groups is 1. The molecule has 0 radical (unpaired) electrons. The number of carbonyl (C=O) groups excluding carboxylic acids is 1. The molecule has 39 heavy (non-hydrogen) atoms. The molecule has 0 spiro atoms. The van der Waals surface area contributed by atoms with Crippen molar-refractivity contribution >= 4 is 86.4 Å². The third-order valence-corrected chi connectivity index (χ3v) is 8.09. The van der Waals surface area contributed by atoms with E-state index in [1.165, 1.54) is 23.9 Å². The molecule has 1 N–H and O–H groups in total. The molecule has 4 rings (SSSR count).